The lowest BCUT2D eigenvalue weighted by Gasteiger charge is -2.41. The largest absolute Gasteiger partial charge is 0.378 e. The van der Waals surface area contributed by atoms with Crippen molar-refractivity contribution in [3.05, 3.63) is 40.5 Å². The number of Topliss-reactive ketones (excluding diaryl/α,β-unsaturated/α-hetero) is 2. The monoisotopic (exact) mass is 407 g/mol. The van der Waals surface area contributed by atoms with Gasteiger partial charge in [-0.1, -0.05) is 12.1 Å². The van der Waals surface area contributed by atoms with Crippen LogP contribution in [0.1, 0.15) is 47.7 Å². The van der Waals surface area contributed by atoms with E-state index < -0.39 is 0 Å². The molecule has 0 saturated carbocycles. The molecule has 0 amide bonds. The van der Waals surface area contributed by atoms with Gasteiger partial charge in [0.15, 0.2) is 11.6 Å². The number of ketones is 2. The Hall–Kier alpha value is -2.49. The van der Waals surface area contributed by atoms with Crippen molar-refractivity contribution in [2.75, 3.05) is 40.3 Å². The minimum absolute atomic E-state index is 0.135. The number of carbonyl (C=O) groups excluding carboxylic acids is 2. The van der Waals surface area contributed by atoms with E-state index in [1.54, 1.807) is 7.11 Å². The summed E-state index contributed by atoms with van der Waals surface area (Å²) in [6, 6.07) is 7.78. The van der Waals surface area contributed by atoms with Crippen molar-refractivity contribution in [3.63, 3.8) is 0 Å². The highest BCUT2D eigenvalue weighted by atomic mass is 16.5. The Kier molecular flexibility index (Phi) is 5.52. The van der Waals surface area contributed by atoms with Crippen molar-refractivity contribution in [2.45, 2.75) is 38.2 Å². The number of allylic oxidation sites excluding steroid dienone is 1. The van der Waals surface area contributed by atoms with Gasteiger partial charge in [-0.05, 0) is 44.4 Å². The van der Waals surface area contributed by atoms with Crippen LogP contribution in [0.15, 0.2) is 23.8 Å². The molecule has 2 saturated heterocycles. The first-order valence-electron chi connectivity index (χ1n) is 10.7. The van der Waals surface area contributed by atoms with Crippen LogP contribution < -0.4 is 0 Å². The van der Waals surface area contributed by atoms with Gasteiger partial charge in [0.25, 0.3) is 0 Å². The molecule has 1 aliphatic carbocycles. The fourth-order valence-electron chi connectivity index (χ4n) is 4.84. The highest BCUT2D eigenvalue weighted by molar-refractivity contribution is 6.10. The van der Waals surface area contributed by atoms with Gasteiger partial charge in [-0.25, -0.2) is 0 Å². The summed E-state index contributed by atoms with van der Waals surface area (Å²) in [5, 5.41) is 9.75. The van der Waals surface area contributed by atoms with Crippen LogP contribution in [0.5, 0.6) is 0 Å². The van der Waals surface area contributed by atoms with E-state index in [-0.39, 0.29) is 29.2 Å². The van der Waals surface area contributed by atoms with Crippen molar-refractivity contribution in [3.8, 4) is 6.07 Å². The van der Waals surface area contributed by atoms with Crippen molar-refractivity contribution in [1.29, 1.82) is 5.26 Å². The van der Waals surface area contributed by atoms with E-state index in [2.05, 4.69) is 29.8 Å². The third-order valence-electron chi connectivity index (χ3n) is 6.91. The maximum atomic E-state index is 12.9. The van der Waals surface area contributed by atoms with E-state index in [9.17, 15) is 14.9 Å². The predicted molar refractivity (Wildman–Crippen MR) is 114 cm³/mol. The Morgan fingerprint density at radius 3 is 2.60 bits per heavy atom. The Morgan fingerprint density at radius 2 is 2.00 bits per heavy atom. The number of hydrogen-bond acceptors (Lipinski definition) is 6. The molecule has 2 fully saturated rings. The van der Waals surface area contributed by atoms with Gasteiger partial charge in [-0.2, -0.15) is 5.26 Å². The molecule has 0 spiro atoms. The molecule has 1 aromatic rings. The van der Waals surface area contributed by atoms with Gasteiger partial charge in [-0.3, -0.25) is 9.59 Å². The fraction of sp³-hybridized carbons (Fsp3) is 0.542. The average molecular weight is 408 g/mol. The first-order chi connectivity index (χ1) is 14.3. The molecule has 2 heterocycles. The van der Waals surface area contributed by atoms with Crippen molar-refractivity contribution < 1.29 is 14.3 Å². The molecule has 2 aliphatic heterocycles. The lowest BCUT2D eigenvalue weighted by molar-refractivity contribution is -0.114. The number of methoxy groups -OCH3 is 1. The van der Waals surface area contributed by atoms with E-state index >= 15 is 0 Å². The highest BCUT2D eigenvalue weighted by Gasteiger charge is 2.35. The van der Waals surface area contributed by atoms with Gasteiger partial charge >= 0.3 is 0 Å². The molecule has 0 radical (unpaired) electrons. The van der Waals surface area contributed by atoms with Gasteiger partial charge < -0.3 is 14.5 Å². The number of rotatable bonds is 5. The summed E-state index contributed by atoms with van der Waals surface area (Å²) in [5.41, 5.74) is 3.16. The van der Waals surface area contributed by atoms with E-state index in [0.29, 0.717) is 36.7 Å². The SMILES string of the molecule is COC1(C)CCN(C2=C(C#N)C(=O)Cc3ccc(C(=O)CC4CN(C)C4)cc32)CC1. The van der Waals surface area contributed by atoms with E-state index in [4.69, 9.17) is 4.74 Å². The summed E-state index contributed by atoms with van der Waals surface area (Å²) in [6.45, 7) is 5.44. The molecule has 1 aromatic carbocycles. The zero-order valence-corrected chi connectivity index (χ0v) is 18.0. The van der Waals surface area contributed by atoms with Crippen LogP contribution in [0.25, 0.3) is 5.70 Å². The topological polar surface area (TPSA) is 73.6 Å². The third-order valence-corrected chi connectivity index (χ3v) is 6.91. The number of piperidine rings is 1. The van der Waals surface area contributed by atoms with Crippen molar-refractivity contribution >= 4 is 17.3 Å². The van der Waals surface area contributed by atoms with Crippen LogP contribution in [-0.4, -0.2) is 67.3 Å². The highest BCUT2D eigenvalue weighted by Crippen LogP contribution is 2.37. The number of carbonyl (C=O) groups is 2. The summed E-state index contributed by atoms with van der Waals surface area (Å²) in [6.07, 6.45) is 2.40. The molecule has 30 heavy (non-hydrogen) atoms. The molecule has 6 nitrogen and oxygen atoms in total. The maximum absolute atomic E-state index is 12.9. The zero-order valence-electron chi connectivity index (χ0n) is 18.0. The molecule has 6 heteroatoms. The Labute approximate surface area is 178 Å². The van der Waals surface area contributed by atoms with Crippen LogP contribution in [0, 0.1) is 17.2 Å². The summed E-state index contributed by atoms with van der Waals surface area (Å²) in [4.78, 5) is 29.9. The van der Waals surface area contributed by atoms with E-state index in [1.165, 1.54) is 0 Å². The van der Waals surface area contributed by atoms with Crippen LogP contribution in [0.2, 0.25) is 0 Å². The predicted octanol–water partition coefficient (Wildman–Crippen LogP) is 2.68. The zero-order chi connectivity index (χ0) is 21.5. The molecule has 4 rings (SSSR count). The number of nitriles is 1. The second kappa shape index (κ2) is 7.98. The molecule has 0 unspecified atom stereocenters. The smallest absolute Gasteiger partial charge is 0.179 e. The van der Waals surface area contributed by atoms with Crippen LogP contribution >= 0.6 is 0 Å². The summed E-state index contributed by atoms with van der Waals surface area (Å²) < 4.78 is 5.65. The summed E-state index contributed by atoms with van der Waals surface area (Å²) in [5.74, 6) is 0.409. The standard InChI is InChI=1S/C24H29N3O3/c1-24(30-3)6-8-27(9-7-24)23-19-11-18(21(28)10-16-14-26(2)15-16)5-4-17(19)12-22(29)20(23)13-25/h4-5,11,16H,6-10,12,14-15H2,1-3H3. The van der Waals surface area contributed by atoms with E-state index in [0.717, 1.165) is 37.1 Å². The molecule has 0 atom stereocenters. The Morgan fingerprint density at radius 1 is 1.30 bits per heavy atom. The molecule has 0 N–H and O–H groups in total. The second-order valence-electron chi connectivity index (χ2n) is 9.16. The van der Waals surface area contributed by atoms with Gasteiger partial charge in [0.2, 0.25) is 0 Å². The molecule has 158 valence electrons. The van der Waals surface area contributed by atoms with E-state index in [1.807, 2.05) is 18.2 Å². The van der Waals surface area contributed by atoms with Gasteiger partial charge in [-0.15, -0.1) is 0 Å². The van der Waals surface area contributed by atoms with Crippen LogP contribution in [-0.2, 0) is 16.0 Å². The number of likely N-dealkylation sites (tertiary alicyclic amines) is 2. The number of fused-ring (bicyclic) bond motifs is 1. The van der Waals surface area contributed by atoms with Gasteiger partial charge in [0, 0.05) is 57.3 Å². The minimum Gasteiger partial charge on any atom is -0.378 e. The molecule has 3 aliphatic rings. The number of ether oxygens (including phenoxy) is 1. The van der Waals surface area contributed by atoms with Gasteiger partial charge in [0.05, 0.1) is 11.3 Å². The maximum Gasteiger partial charge on any atom is 0.179 e. The molecule has 0 bridgehead atoms. The fourth-order valence-corrected chi connectivity index (χ4v) is 4.84. The third kappa shape index (κ3) is 3.80. The summed E-state index contributed by atoms with van der Waals surface area (Å²) >= 11 is 0. The number of nitrogens with zero attached hydrogens (tertiary/aromatic N) is 3. The number of hydrogen-bond donors (Lipinski definition) is 0. The van der Waals surface area contributed by atoms with Crippen LogP contribution in [0.3, 0.4) is 0 Å². The van der Waals surface area contributed by atoms with Crippen LogP contribution in [0.4, 0.5) is 0 Å². The molecule has 0 aromatic heterocycles. The van der Waals surface area contributed by atoms with Gasteiger partial charge in [0.1, 0.15) is 11.6 Å². The van der Waals surface area contributed by atoms with Crippen molar-refractivity contribution in [2.24, 2.45) is 5.92 Å². The number of benzene rings is 1. The minimum atomic E-state index is -0.181. The Balaban J connectivity index is 1.65. The lowest BCUT2D eigenvalue weighted by Crippen LogP contribution is -2.44. The quantitative estimate of drug-likeness (QED) is 0.699. The first kappa shape index (κ1) is 20.8. The Bertz CT molecular complexity index is 945. The summed E-state index contributed by atoms with van der Waals surface area (Å²) in [7, 11) is 3.79. The second-order valence-corrected chi connectivity index (χ2v) is 9.16. The lowest BCUT2D eigenvalue weighted by atomic mass is 9.84. The van der Waals surface area contributed by atoms with Crippen molar-refractivity contribution in [1.82, 2.24) is 9.80 Å². The molecular formula is C24H29N3O3. The molecular weight excluding hydrogens is 378 g/mol. The first-order valence-corrected chi connectivity index (χ1v) is 10.7. The normalized spacial score (nSPS) is 21.8. The average Bonchev–Trinajstić information content (AvgIpc) is 2.72.